The van der Waals surface area contributed by atoms with Crippen molar-refractivity contribution in [1.82, 2.24) is 15.6 Å². The van der Waals surface area contributed by atoms with E-state index in [0.29, 0.717) is 18.8 Å². The summed E-state index contributed by atoms with van der Waals surface area (Å²) >= 11 is 2.00. The maximum atomic E-state index is 12.0. The van der Waals surface area contributed by atoms with Gasteiger partial charge < -0.3 is 16.0 Å². The zero-order valence-electron chi connectivity index (χ0n) is 15.8. The summed E-state index contributed by atoms with van der Waals surface area (Å²) in [7, 11) is 0. The summed E-state index contributed by atoms with van der Waals surface area (Å²) < 4.78 is 0.247. The number of nitrogens with one attached hydrogen (secondary N) is 3. The van der Waals surface area contributed by atoms with E-state index < -0.39 is 0 Å². The number of nitrogens with zero attached hydrogens (tertiary/aromatic N) is 2. The number of carbonyl (C=O) groups is 1. The van der Waals surface area contributed by atoms with Gasteiger partial charge in [0, 0.05) is 30.0 Å². The Morgan fingerprint density at radius 1 is 1.38 bits per heavy atom. The fourth-order valence-corrected chi connectivity index (χ4v) is 3.89. The van der Waals surface area contributed by atoms with Crippen LogP contribution in [0.4, 0.5) is 5.82 Å². The molecule has 1 aromatic heterocycles. The van der Waals surface area contributed by atoms with E-state index in [1.165, 1.54) is 18.6 Å². The van der Waals surface area contributed by atoms with E-state index in [4.69, 9.17) is 0 Å². The smallest absolute Gasteiger partial charge is 0.227 e. The molecule has 0 spiro atoms. The number of aromatic nitrogens is 1. The molecule has 1 saturated heterocycles. The van der Waals surface area contributed by atoms with Gasteiger partial charge in [0.1, 0.15) is 5.82 Å². The van der Waals surface area contributed by atoms with E-state index >= 15 is 0 Å². The van der Waals surface area contributed by atoms with Crippen LogP contribution in [0.25, 0.3) is 0 Å². The van der Waals surface area contributed by atoms with Crippen LogP contribution in [0, 0.1) is 6.92 Å². The van der Waals surface area contributed by atoms with Crippen molar-refractivity contribution >= 4 is 53.4 Å². The quantitative estimate of drug-likeness (QED) is 0.310. The number of hydrogen-bond donors (Lipinski definition) is 3. The Bertz CT molecular complexity index is 605. The average Bonchev–Trinajstić information content (AvgIpc) is 3.00. The molecule has 2 rings (SSSR count). The molecule has 1 fully saturated rings. The summed E-state index contributed by atoms with van der Waals surface area (Å²) in [4.78, 5) is 21.0. The Hall–Kier alpha value is -1.03. The molecule has 2 heterocycles. The molecule has 1 aromatic rings. The molecule has 3 N–H and O–H groups in total. The molecule has 1 unspecified atom stereocenters. The van der Waals surface area contributed by atoms with Crippen molar-refractivity contribution in [3.05, 3.63) is 23.9 Å². The highest BCUT2D eigenvalue weighted by Gasteiger charge is 2.29. The Morgan fingerprint density at radius 2 is 2.19 bits per heavy atom. The SMILES string of the molecule is CCNC(=NCC1(C)CCCS1)NCCC(=O)Nc1cccc(C)n1.I. The standard InChI is InChI=1S/C18H29N5OS.HI/c1-4-19-17(21-13-18(3)10-6-12-25-18)20-11-9-16(24)23-15-8-5-7-14(2)22-15;/h5,7-8H,4,6,9-13H2,1-3H3,(H2,19,20,21)(H,22,23,24);1H. The highest BCUT2D eigenvalue weighted by molar-refractivity contribution is 14.0. The number of guanidine groups is 1. The van der Waals surface area contributed by atoms with Crippen LogP contribution in [-0.2, 0) is 4.79 Å². The number of anilines is 1. The van der Waals surface area contributed by atoms with E-state index in [2.05, 4.69) is 32.9 Å². The maximum Gasteiger partial charge on any atom is 0.227 e. The fraction of sp³-hybridized carbons (Fsp3) is 0.611. The van der Waals surface area contributed by atoms with Crippen molar-refractivity contribution in [3.63, 3.8) is 0 Å². The lowest BCUT2D eigenvalue weighted by Crippen LogP contribution is -2.39. The molecule has 0 bridgehead atoms. The van der Waals surface area contributed by atoms with Crippen molar-refractivity contribution in [1.29, 1.82) is 0 Å². The van der Waals surface area contributed by atoms with Gasteiger partial charge in [-0.2, -0.15) is 11.8 Å². The molecule has 1 aliphatic rings. The minimum atomic E-state index is -0.0558. The second-order valence-corrected chi connectivity index (χ2v) is 8.17. The van der Waals surface area contributed by atoms with Crippen LogP contribution in [0.3, 0.4) is 0 Å². The number of rotatable bonds is 7. The van der Waals surface area contributed by atoms with Gasteiger partial charge in [-0.1, -0.05) is 6.07 Å². The number of thioether (sulfide) groups is 1. The molecule has 1 atom stereocenters. The summed E-state index contributed by atoms with van der Waals surface area (Å²) in [5.41, 5.74) is 0.885. The van der Waals surface area contributed by atoms with Gasteiger partial charge in [0.2, 0.25) is 5.91 Å². The van der Waals surface area contributed by atoms with Crippen LogP contribution in [0.5, 0.6) is 0 Å². The topological polar surface area (TPSA) is 78.4 Å². The third-order valence-electron chi connectivity index (χ3n) is 4.02. The monoisotopic (exact) mass is 491 g/mol. The Morgan fingerprint density at radius 3 is 2.85 bits per heavy atom. The molecule has 1 amide bonds. The minimum absolute atomic E-state index is 0. The molecule has 1 aliphatic heterocycles. The number of carbonyl (C=O) groups excluding carboxylic acids is 1. The van der Waals surface area contributed by atoms with E-state index in [1.54, 1.807) is 6.07 Å². The normalized spacial score (nSPS) is 19.6. The first-order valence-electron chi connectivity index (χ1n) is 8.90. The molecule has 6 nitrogen and oxygen atoms in total. The number of aliphatic imine (C=N–C) groups is 1. The maximum absolute atomic E-state index is 12.0. The van der Waals surface area contributed by atoms with Gasteiger partial charge >= 0.3 is 0 Å². The Balaban J connectivity index is 0.00000338. The van der Waals surface area contributed by atoms with E-state index in [9.17, 15) is 4.79 Å². The molecule has 0 aliphatic carbocycles. The number of pyridine rings is 1. The van der Waals surface area contributed by atoms with Crippen molar-refractivity contribution in [2.45, 2.75) is 44.8 Å². The molecular formula is C18H30IN5OS. The highest BCUT2D eigenvalue weighted by Crippen LogP contribution is 2.37. The summed E-state index contributed by atoms with van der Waals surface area (Å²) in [6, 6.07) is 5.58. The molecule has 146 valence electrons. The van der Waals surface area contributed by atoms with E-state index in [0.717, 1.165) is 24.7 Å². The van der Waals surface area contributed by atoms with Crippen molar-refractivity contribution in [2.75, 3.05) is 30.7 Å². The lowest BCUT2D eigenvalue weighted by molar-refractivity contribution is -0.116. The number of aryl methyl sites for hydroxylation is 1. The molecule has 26 heavy (non-hydrogen) atoms. The predicted octanol–water partition coefficient (Wildman–Crippen LogP) is 3.18. The van der Waals surface area contributed by atoms with Crippen LogP contribution < -0.4 is 16.0 Å². The van der Waals surface area contributed by atoms with Crippen LogP contribution >= 0.6 is 35.7 Å². The molecule has 0 aromatic carbocycles. The minimum Gasteiger partial charge on any atom is -0.357 e. The second-order valence-electron chi connectivity index (χ2n) is 6.49. The van der Waals surface area contributed by atoms with Crippen molar-refractivity contribution in [3.8, 4) is 0 Å². The van der Waals surface area contributed by atoms with Gasteiger partial charge in [-0.25, -0.2) is 4.98 Å². The van der Waals surface area contributed by atoms with Gasteiger partial charge in [0.25, 0.3) is 0 Å². The predicted molar refractivity (Wildman–Crippen MR) is 122 cm³/mol. The van der Waals surface area contributed by atoms with Gasteiger partial charge in [0.15, 0.2) is 5.96 Å². The largest absolute Gasteiger partial charge is 0.357 e. The molecular weight excluding hydrogens is 461 g/mol. The van der Waals surface area contributed by atoms with Crippen molar-refractivity contribution < 1.29 is 4.79 Å². The van der Waals surface area contributed by atoms with Crippen LogP contribution in [-0.4, -0.2) is 47.0 Å². The van der Waals surface area contributed by atoms with E-state index in [1.807, 2.05) is 37.7 Å². The van der Waals surface area contributed by atoms with Gasteiger partial charge in [-0.05, 0) is 51.5 Å². The summed E-state index contributed by atoms with van der Waals surface area (Å²) in [6.45, 7) is 8.35. The molecule has 0 saturated carbocycles. The summed E-state index contributed by atoms with van der Waals surface area (Å²) in [5.74, 6) is 2.54. The zero-order valence-corrected chi connectivity index (χ0v) is 18.9. The average molecular weight is 491 g/mol. The van der Waals surface area contributed by atoms with Crippen LogP contribution in [0.15, 0.2) is 23.2 Å². The lowest BCUT2D eigenvalue weighted by Gasteiger charge is -2.21. The van der Waals surface area contributed by atoms with Crippen molar-refractivity contribution in [2.24, 2.45) is 4.99 Å². The highest BCUT2D eigenvalue weighted by atomic mass is 127. The zero-order chi connectivity index (χ0) is 18.1. The van der Waals surface area contributed by atoms with Gasteiger partial charge in [-0.3, -0.25) is 9.79 Å². The third kappa shape index (κ3) is 8.11. The Kier molecular flexibility index (Phi) is 10.3. The van der Waals surface area contributed by atoms with Gasteiger partial charge in [-0.15, -0.1) is 24.0 Å². The molecule has 0 radical (unpaired) electrons. The third-order valence-corrected chi connectivity index (χ3v) is 5.54. The van der Waals surface area contributed by atoms with E-state index in [-0.39, 0.29) is 34.6 Å². The van der Waals surface area contributed by atoms with Gasteiger partial charge in [0.05, 0.1) is 6.54 Å². The molecule has 8 heteroatoms. The lowest BCUT2D eigenvalue weighted by atomic mass is 10.1. The summed E-state index contributed by atoms with van der Waals surface area (Å²) in [6.07, 6.45) is 2.85. The summed E-state index contributed by atoms with van der Waals surface area (Å²) in [5, 5.41) is 9.30. The Labute approximate surface area is 177 Å². The fourth-order valence-electron chi connectivity index (χ4n) is 2.66. The van der Waals surface area contributed by atoms with Crippen LogP contribution in [0.1, 0.15) is 38.8 Å². The first-order chi connectivity index (χ1) is 12.0. The number of halogens is 1. The van der Waals surface area contributed by atoms with Crippen LogP contribution in [0.2, 0.25) is 0 Å². The number of hydrogen-bond acceptors (Lipinski definition) is 4. The first kappa shape index (κ1) is 23.0. The first-order valence-corrected chi connectivity index (χ1v) is 9.89. The number of amides is 1. The second kappa shape index (κ2) is 11.6.